The number of nitrogens with two attached hydrogens (primary N) is 1. The molecule has 3 aromatic rings. The molecule has 0 saturated carbocycles. The molecule has 6 nitrogen and oxygen atoms in total. The number of aryl methyl sites for hydroxylation is 2. The minimum Gasteiger partial charge on any atom is -0.364 e. The van der Waals surface area contributed by atoms with Gasteiger partial charge in [-0.1, -0.05) is 12.1 Å². The second-order valence-corrected chi connectivity index (χ2v) is 6.77. The fraction of sp³-hybridized carbons (Fsp3) is 0.118. The zero-order valence-electron chi connectivity index (χ0n) is 13.2. The van der Waals surface area contributed by atoms with E-state index in [1.165, 1.54) is 10.7 Å². The van der Waals surface area contributed by atoms with Crippen LogP contribution in [0.2, 0.25) is 0 Å². The third-order valence-electron chi connectivity index (χ3n) is 3.53. The quantitative estimate of drug-likeness (QED) is 0.765. The van der Waals surface area contributed by atoms with Gasteiger partial charge in [-0.3, -0.25) is 9.59 Å². The molecule has 0 aliphatic rings. The molecule has 2 amide bonds. The van der Waals surface area contributed by atoms with Crippen LogP contribution in [-0.4, -0.2) is 21.6 Å². The van der Waals surface area contributed by atoms with E-state index in [0.29, 0.717) is 16.9 Å². The van der Waals surface area contributed by atoms with Gasteiger partial charge in [0.1, 0.15) is 5.69 Å². The molecule has 3 rings (SSSR count). The normalized spacial score (nSPS) is 10.6. The standard InChI is InChI=1S/C17H16N4O2S/c1-10-9-12(11(2)24-10)17(23)19-13-5-3-4-6-15(13)21-8-7-14(20-21)16(18)22/h3-9H,1-2H3,(H2,18,22)(H,19,23). The highest BCUT2D eigenvalue weighted by atomic mass is 32.1. The Morgan fingerprint density at radius 1 is 1.21 bits per heavy atom. The number of nitrogens with zero attached hydrogens (tertiary/aromatic N) is 2. The maximum Gasteiger partial charge on any atom is 0.269 e. The summed E-state index contributed by atoms with van der Waals surface area (Å²) < 4.78 is 1.52. The van der Waals surface area contributed by atoms with Crippen molar-refractivity contribution in [3.8, 4) is 5.69 Å². The number of nitrogens with one attached hydrogen (secondary N) is 1. The molecule has 3 N–H and O–H groups in total. The average molecular weight is 340 g/mol. The van der Waals surface area contributed by atoms with Gasteiger partial charge in [-0.15, -0.1) is 11.3 Å². The van der Waals surface area contributed by atoms with Crippen LogP contribution in [0.25, 0.3) is 5.69 Å². The molecule has 0 saturated heterocycles. The number of para-hydroxylation sites is 2. The van der Waals surface area contributed by atoms with E-state index in [1.807, 2.05) is 32.0 Å². The minimum atomic E-state index is -0.598. The number of hydrogen-bond acceptors (Lipinski definition) is 4. The summed E-state index contributed by atoms with van der Waals surface area (Å²) in [6, 6.07) is 10.6. The Morgan fingerprint density at radius 3 is 2.58 bits per heavy atom. The molecule has 0 unspecified atom stereocenters. The summed E-state index contributed by atoms with van der Waals surface area (Å²) in [6.07, 6.45) is 1.63. The summed E-state index contributed by atoms with van der Waals surface area (Å²) in [7, 11) is 0. The van der Waals surface area contributed by atoms with Gasteiger partial charge in [-0.2, -0.15) is 5.10 Å². The van der Waals surface area contributed by atoms with Gasteiger partial charge in [-0.25, -0.2) is 4.68 Å². The van der Waals surface area contributed by atoms with E-state index in [4.69, 9.17) is 5.73 Å². The van der Waals surface area contributed by atoms with Gasteiger partial charge in [0.25, 0.3) is 11.8 Å². The topological polar surface area (TPSA) is 90.0 Å². The number of hydrogen-bond donors (Lipinski definition) is 2. The Kier molecular flexibility index (Phi) is 4.18. The Balaban J connectivity index is 1.93. The average Bonchev–Trinajstić information content (AvgIpc) is 3.14. The van der Waals surface area contributed by atoms with Crippen molar-refractivity contribution in [2.24, 2.45) is 5.73 Å². The predicted molar refractivity (Wildman–Crippen MR) is 93.8 cm³/mol. The molecule has 0 aliphatic carbocycles. The van der Waals surface area contributed by atoms with Gasteiger partial charge in [0.05, 0.1) is 16.9 Å². The van der Waals surface area contributed by atoms with Crippen LogP contribution >= 0.6 is 11.3 Å². The first-order chi connectivity index (χ1) is 11.5. The Hall–Kier alpha value is -2.93. The number of carbonyl (C=O) groups excluding carboxylic acids is 2. The Bertz CT molecular complexity index is 926. The zero-order chi connectivity index (χ0) is 17.3. The lowest BCUT2D eigenvalue weighted by atomic mass is 10.2. The highest BCUT2D eigenvalue weighted by Gasteiger charge is 2.15. The molecule has 7 heteroatoms. The van der Waals surface area contributed by atoms with E-state index in [-0.39, 0.29) is 11.6 Å². The molecule has 0 bridgehead atoms. The fourth-order valence-electron chi connectivity index (χ4n) is 2.41. The highest BCUT2D eigenvalue weighted by molar-refractivity contribution is 7.12. The predicted octanol–water partition coefficient (Wildman–Crippen LogP) is 2.90. The largest absolute Gasteiger partial charge is 0.364 e. The minimum absolute atomic E-state index is 0.167. The Labute approximate surface area is 142 Å². The first-order valence-corrected chi connectivity index (χ1v) is 8.10. The second kappa shape index (κ2) is 6.29. The van der Waals surface area contributed by atoms with Crippen LogP contribution < -0.4 is 11.1 Å². The lowest BCUT2D eigenvalue weighted by Crippen LogP contribution is -2.15. The molecule has 0 atom stereocenters. The van der Waals surface area contributed by atoms with Gasteiger partial charge < -0.3 is 11.1 Å². The maximum absolute atomic E-state index is 12.5. The SMILES string of the molecule is Cc1cc(C(=O)Nc2ccccc2-n2ccc(C(N)=O)n2)c(C)s1. The number of aromatic nitrogens is 2. The van der Waals surface area contributed by atoms with Crippen molar-refractivity contribution in [2.45, 2.75) is 13.8 Å². The highest BCUT2D eigenvalue weighted by Crippen LogP contribution is 2.24. The molecule has 0 fully saturated rings. The molecule has 0 spiro atoms. The molecule has 2 heterocycles. The van der Waals surface area contributed by atoms with E-state index in [1.54, 1.807) is 29.7 Å². The molecule has 2 aromatic heterocycles. The van der Waals surface area contributed by atoms with Crippen molar-refractivity contribution in [1.29, 1.82) is 0 Å². The summed E-state index contributed by atoms with van der Waals surface area (Å²) in [5.41, 5.74) is 7.32. The molecule has 0 aliphatic heterocycles. The van der Waals surface area contributed by atoms with Gasteiger partial charge in [0.2, 0.25) is 0 Å². The summed E-state index contributed by atoms with van der Waals surface area (Å²) in [5, 5.41) is 7.04. The van der Waals surface area contributed by atoms with E-state index in [9.17, 15) is 9.59 Å². The molecule has 24 heavy (non-hydrogen) atoms. The van der Waals surface area contributed by atoms with Gasteiger partial charge >= 0.3 is 0 Å². The van der Waals surface area contributed by atoms with Gasteiger partial charge in [0.15, 0.2) is 0 Å². The van der Waals surface area contributed by atoms with Crippen molar-refractivity contribution >= 4 is 28.8 Å². The summed E-state index contributed by atoms with van der Waals surface area (Å²) in [5.74, 6) is -0.772. The van der Waals surface area contributed by atoms with Crippen LogP contribution in [0.4, 0.5) is 5.69 Å². The number of carbonyl (C=O) groups is 2. The third kappa shape index (κ3) is 3.07. The third-order valence-corrected chi connectivity index (χ3v) is 4.49. The summed E-state index contributed by atoms with van der Waals surface area (Å²) >= 11 is 1.59. The Morgan fingerprint density at radius 2 is 1.96 bits per heavy atom. The van der Waals surface area contributed by atoms with Crippen LogP contribution in [0.15, 0.2) is 42.6 Å². The lowest BCUT2D eigenvalue weighted by Gasteiger charge is -2.11. The van der Waals surface area contributed by atoms with Crippen LogP contribution in [0.1, 0.15) is 30.6 Å². The second-order valence-electron chi connectivity index (χ2n) is 5.31. The fourth-order valence-corrected chi connectivity index (χ4v) is 3.34. The lowest BCUT2D eigenvalue weighted by molar-refractivity contribution is 0.0992. The van der Waals surface area contributed by atoms with Crippen molar-refractivity contribution < 1.29 is 9.59 Å². The molecule has 122 valence electrons. The van der Waals surface area contributed by atoms with Crippen molar-refractivity contribution in [2.75, 3.05) is 5.32 Å². The van der Waals surface area contributed by atoms with Crippen LogP contribution in [0.3, 0.4) is 0 Å². The van der Waals surface area contributed by atoms with E-state index in [0.717, 1.165) is 9.75 Å². The molecule has 0 radical (unpaired) electrons. The monoisotopic (exact) mass is 340 g/mol. The smallest absolute Gasteiger partial charge is 0.269 e. The first-order valence-electron chi connectivity index (χ1n) is 7.29. The van der Waals surface area contributed by atoms with Crippen molar-refractivity contribution in [3.63, 3.8) is 0 Å². The molecular formula is C17H16N4O2S. The number of primary amides is 1. The molecule has 1 aromatic carbocycles. The summed E-state index contributed by atoms with van der Waals surface area (Å²) in [6.45, 7) is 3.89. The van der Waals surface area contributed by atoms with Crippen molar-refractivity contribution in [1.82, 2.24) is 9.78 Å². The van der Waals surface area contributed by atoms with Gasteiger partial charge in [-0.05, 0) is 38.1 Å². The number of anilines is 1. The summed E-state index contributed by atoms with van der Waals surface area (Å²) in [4.78, 5) is 25.8. The zero-order valence-corrected chi connectivity index (χ0v) is 14.1. The van der Waals surface area contributed by atoms with Crippen LogP contribution in [0, 0.1) is 13.8 Å². The first kappa shape index (κ1) is 15.9. The number of thiophene rings is 1. The van der Waals surface area contributed by atoms with E-state index in [2.05, 4.69) is 10.4 Å². The number of amides is 2. The van der Waals surface area contributed by atoms with Gasteiger partial charge in [0, 0.05) is 16.0 Å². The number of rotatable bonds is 4. The maximum atomic E-state index is 12.5. The van der Waals surface area contributed by atoms with Crippen LogP contribution in [0.5, 0.6) is 0 Å². The van der Waals surface area contributed by atoms with Crippen LogP contribution in [-0.2, 0) is 0 Å². The van der Waals surface area contributed by atoms with Crippen molar-refractivity contribution in [3.05, 3.63) is 63.6 Å². The van der Waals surface area contributed by atoms with E-state index >= 15 is 0 Å². The molecular weight excluding hydrogens is 324 g/mol. The van der Waals surface area contributed by atoms with E-state index < -0.39 is 5.91 Å². The number of benzene rings is 1.